The lowest BCUT2D eigenvalue weighted by Crippen LogP contribution is -2.63. The summed E-state index contributed by atoms with van der Waals surface area (Å²) in [6.07, 6.45) is -6.32. The molecule has 11 heteroatoms. The van der Waals surface area contributed by atoms with Crippen molar-refractivity contribution in [1.82, 2.24) is 0 Å². The van der Waals surface area contributed by atoms with E-state index >= 15 is 0 Å². The molecule has 0 aromatic heterocycles. The van der Waals surface area contributed by atoms with Gasteiger partial charge in [0.15, 0.2) is 12.2 Å². The van der Waals surface area contributed by atoms with Crippen LogP contribution in [0.1, 0.15) is 27.7 Å². The molecule has 0 spiro atoms. The second kappa shape index (κ2) is 11.1. The Hall–Kier alpha value is -2.66. The Morgan fingerprint density at radius 2 is 1.39 bits per heavy atom. The van der Waals surface area contributed by atoms with Crippen molar-refractivity contribution in [2.75, 3.05) is 6.61 Å². The van der Waals surface area contributed by atoms with E-state index in [1.165, 1.54) is 0 Å². The average Bonchev–Trinajstić information content (AvgIpc) is 2.63. The van der Waals surface area contributed by atoms with Crippen LogP contribution < -0.4 is 4.74 Å². The molecule has 1 aromatic carbocycles. The molecule has 0 amide bonds. The van der Waals surface area contributed by atoms with Gasteiger partial charge in [-0.2, -0.15) is 0 Å². The Morgan fingerprint density at radius 1 is 0.839 bits per heavy atom. The van der Waals surface area contributed by atoms with E-state index in [1.807, 2.05) is 6.07 Å². The van der Waals surface area contributed by atoms with E-state index in [0.717, 1.165) is 32.2 Å². The zero-order chi connectivity index (χ0) is 23.1. The number of halogens is 1. The summed E-state index contributed by atoms with van der Waals surface area (Å²) < 4.78 is 33.2. The molecule has 170 valence electrons. The fraction of sp³-hybridized carbons (Fsp3) is 0.500. The van der Waals surface area contributed by atoms with Gasteiger partial charge in [0.2, 0.25) is 12.4 Å². The molecule has 1 aliphatic heterocycles. The number of hydrogen-bond acceptors (Lipinski definition) is 10. The molecule has 0 radical (unpaired) electrons. The molecule has 5 atom stereocenters. The lowest BCUT2D eigenvalue weighted by Gasteiger charge is -2.43. The van der Waals surface area contributed by atoms with Crippen LogP contribution in [0.15, 0.2) is 28.7 Å². The van der Waals surface area contributed by atoms with Crippen LogP contribution in [0.2, 0.25) is 0 Å². The summed E-state index contributed by atoms with van der Waals surface area (Å²) in [5, 5.41) is 0. The molecule has 0 aliphatic carbocycles. The second-order valence-electron chi connectivity index (χ2n) is 6.64. The van der Waals surface area contributed by atoms with Crippen molar-refractivity contribution >= 4 is 39.8 Å². The Labute approximate surface area is 187 Å². The molecule has 0 N–H and O–H groups in total. The predicted molar refractivity (Wildman–Crippen MR) is 107 cm³/mol. The molecule has 1 heterocycles. The summed E-state index contributed by atoms with van der Waals surface area (Å²) in [5.74, 6) is -2.40. The third-order valence-corrected chi connectivity index (χ3v) is 4.48. The van der Waals surface area contributed by atoms with E-state index in [4.69, 9.17) is 28.4 Å². The number of esters is 4. The molecular weight excluding hydrogens is 480 g/mol. The van der Waals surface area contributed by atoms with E-state index in [2.05, 4.69) is 15.9 Å². The first-order chi connectivity index (χ1) is 14.6. The van der Waals surface area contributed by atoms with Crippen LogP contribution in [0.3, 0.4) is 0 Å². The maximum absolute atomic E-state index is 11.7. The molecule has 2 rings (SSSR count). The molecule has 10 nitrogen and oxygen atoms in total. The van der Waals surface area contributed by atoms with Crippen LogP contribution in [0.5, 0.6) is 5.75 Å². The fourth-order valence-electron chi connectivity index (χ4n) is 2.98. The molecule has 1 saturated heterocycles. The summed E-state index contributed by atoms with van der Waals surface area (Å²) >= 11 is 3.33. The van der Waals surface area contributed by atoms with Crippen molar-refractivity contribution in [3.63, 3.8) is 0 Å². The van der Waals surface area contributed by atoms with Crippen LogP contribution in [0, 0.1) is 0 Å². The number of carbonyl (C=O) groups is 4. The standard InChI is InChI=1S/C20H23BrO10/c1-10(22)27-17-16(9-26-15-7-5-6-14(21)8-15)31-20(30-13(4)25)19(29-12(3)24)18(17)28-11(2)23/h5-8,16-20H,9H2,1-4H3/t16-,17-,18+,19-,20?/m1/s1. The van der Waals surface area contributed by atoms with Gasteiger partial charge in [0.1, 0.15) is 18.5 Å². The first-order valence-electron chi connectivity index (χ1n) is 9.29. The maximum atomic E-state index is 11.7. The lowest BCUT2D eigenvalue weighted by molar-refractivity contribution is -0.298. The van der Waals surface area contributed by atoms with Crippen molar-refractivity contribution in [3.8, 4) is 5.75 Å². The summed E-state index contributed by atoms with van der Waals surface area (Å²) in [7, 11) is 0. The number of hydrogen-bond donors (Lipinski definition) is 0. The average molecular weight is 503 g/mol. The van der Waals surface area contributed by atoms with E-state index in [0.29, 0.717) is 5.75 Å². The summed E-state index contributed by atoms with van der Waals surface area (Å²) in [5.41, 5.74) is 0. The minimum atomic E-state index is -1.42. The van der Waals surface area contributed by atoms with Gasteiger partial charge >= 0.3 is 23.9 Å². The quantitative estimate of drug-likeness (QED) is 0.403. The molecule has 0 saturated carbocycles. The van der Waals surface area contributed by atoms with Gasteiger partial charge in [-0.15, -0.1) is 0 Å². The number of benzene rings is 1. The highest BCUT2D eigenvalue weighted by molar-refractivity contribution is 9.10. The van der Waals surface area contributed by atoms with Crippen molar-refractivity contribution in [2.24, 2.45) is 0 Å². The molecule has 1 aliphatic rings. The van der Waals surface area contributed by atoms with Gasteiger partial charge in [-0.05, 0) is 18.2 Å². The third-order valence-electron chi connectivity index (χ3n) is 3.99. The molecule has 0 bridgehead atoms. The third kappa shape index (κ3) is 7.51. The highest BCUT2D eigenvalue weighted by Crippen LogP contribution is 2.30. The molecule has 1 aromatic rings. The molecule has 1 fully saturated rings. The van der Waals surface area contributed by atoms with Gasteiger partial charge in [-0.3, -0.25) is 19.2 Å². The van der Waals surface area contributed by atoms with Crippen LogP contribution >= 0.6 is 15.9 Å². The number of rotatable bonds is 7. The summed E-state index contributed by atoms with van der Waals surface area (Å²) in [6.45, 7) is 4.41. The van der Waals surface area contributed by atoms with Gasteiger partial charge in [0.25, 0.3) is 0 Å². The highest BCUT2D eigenvalue weighted by Gasteiger charge is 2.53. The zero-order valence-corrected chi connectivity index (χ0v) is 18.9. The van der Waals surface area contributed by atoms with Gasteiger partial charge in [-0.25, -0.2) is 0 Å². The molecule has 31 heavy (non-hydrogen) atoms. The first-order valence-corrected chi connectivity index (χ1v) is 10.1. The van der Waals surface area contributed by atoms with Crippen LogP contribution in [0.25, 0.3) is 0 Å². The van der Waals surface area contributed by atoms with Crippen molar-refractivity contribution in [3.05, 3.63) is 28.7 Å². The monoisotopic (exact) mass is 502 g/mol. The highest BCUT2D eigenvalue weighted by atomic mass is 79.9. The Kier molecular flexibility index (Phi) is 8.81. The minimum Gasteiger partial charge on any atom is -0.491 e. The SMILES string of the molecule is CC(=O)OC1O[C@H](COc2cccc(Br)c2)[C@@H](OC(C)=O)[C@H](OC(C)=O)[C@H]1OC(C)=O. The Balaban J connectivity index is 2.37. The van der Waals surface area contributed by atoms with Crippen LogP contribution in [-0.2, 0) is 42.9 Å². The van der Waals surface area contributed by atoms with Crippen molar-refractivity contribution < 1.29 is 47.6 Å². The van der Waals surface area contributed by atoms with Gasteiger partial charge in [0.05, 0.1) is 0 Å². The van der Waals surface area contributed by atoms with Crippen LogP contribution in [-0.4, -0.2) is 61.2 Å². The van der Waals surface area contributed by atoms with E-state index in [9.17, 15) is 19.2 Å². The van der Waals surface area contributed by atoms with Crippen molar-refractivity contribution in [1.29, 1.82) is 0 Å². The fourth-order valence-corrected chi connectivity index (χ4v) is 3.36. The smallest absolute Gasteiger partial charge is 0.305 e. The van der Waals surface area contributed by atoms with E-state index < -0.39 is 54.6 Å². The number of carbonyl (C=O) groups excluding carboxylic acids is 4. The molecular formula is C20H23BrO10. The predicted octanol–water partition coefficient (Wildman–Crippen LogP) is 1.91. The van der Waals surface area contributed by atoms with Crippen molar-refractivity contribution in [2.45, 2.75) is 58.4 Å². The van der Waals surface area contributed by atoms with Gasteiger partial charge in [0, 0.05) is 32.2 Å². The maximum Gasteiger partial charge on any atom is 0.305 e. The first kappa shape index (κ1) is 24.6. The Morgan fingerprint density at radius 3 is 1.94 bits per heavy atom. The zero-order valence-electron chi connectivity index (χ0n) is 17.4. The molecule has 1 unspecified atom stereocenters. The van der Waals surface area contributed by atoms with Crippen LogP contribution in [0.4, 0.5) is 0 Å². The summed E-state index contributed by atoms with van der Waals surface area (Å²) in [6, 6.07) is 6.97. The second-order valence-corrected chi connectivity index (χ2v) is 7.56. The lowest BCUT2D eigenvalue weighted by atomic mass is 9.98. The van der Waals surface area contributed by atoms with E-state index in [-0.39, 0.29) is 6.61 Å². The largest absolute Gasteiger partial charge is 0.491 e. The minimum absolute atomic E-state index is 0.156. The number of ether oxygens (including phenoxy) is 6. The topological polar surface area (TPSA) is 124 Å². The normalized spacial score (nSPS) is 25.1. The van der Waals surface area contributed by atoms with E-state index in [1.54, 1.807) is 18.2 Å². The van der Waals surface area contributed by atoms with Gasteiger partial charge < -0.3 is 28.4 Å². The Bertz CT molecular complexity index is 826. The van der Waals surface area contributed by atoms with Gasteiger partial charge in [-0.1, -0.05) is 22.0 Å². The summed E-state index contributed by atoms with van der Waals surface area (Å²) in [4.78, 5) is 46.7.